The molecule has 0 saturated heterocycles. The molecule has 0 aromatic heterocycles. The summed E-state index contributed by atoms with van der Waals surface area (Å²) in [7, 11) is 0. The Bertz CT molecular complexity index is 887. The van der Waals surface area contributed by atoms with Crippen LogP contribution in [0.5, 0.6) is 11.5 Å². The first-order valence-corrected chi connectivity index (χ1v) is 9.08. The first-order valence-electron chi connectivity index (χ1n) is 9.08. The van der Waals surface area contributed by atoms with Gasteiger partial charge in [-0.1, -0.05) is 60.7 Å². The number of carbonyl (C=O) groups excluding carboxylic acids is 1. The lowest BCUT2D eigenvalue weighted by Gasteiger charge is -2.22. The summed E-state index contributed by atoms with van der Waals surface area (Å²) in [6.45, 7) is 1.77. The Morgan fingerprint density at radius 1 is 0.929 bits per heavy atom. The molecule has 4 nitrogen and oxygen atoms in total. The molecule has 0 aliphatic heterocycles. The first kappa shape index (κ1) is 19.4. The number of carbonyl (C=O) groups is 1. The van der Waals surface area contributed by atoms with E-state index in [1.165, 1.54) is 6.07 Å². The summed E-state index contributed by atoms with van der Waals surface area (Å²) in [4.78, 5) is 12.6. The van der Waals surface area contributed by atoms with E-state index >= 15 is 0 Å². The van der Waals surface area contributed by atoms with Gasteiger partial charge in [0.25, 0.3) is 5.91 Å². The molecule has 0 fully saturated rings. The lowest BCUT2D eigenvalue weighted by molar-refractivity contribution is -0.128. The largest absolute Gasteiger partial charge is 0.488 e. The Hall–Kier alpha value is -3.34. The second kappa shape index (κ2) is 9.55. The van der Waals surface area contributed by atoms with E-state index in [1.807, 2.05) is 48.5 Å². The molecule has 5 heteroatoms. The number of para-hydroxylation sites is 2. The number of rotatable bonds is 8. The third-order valence-electron chi connectivity index (χ3n) is 4.19. The van der Waals surface area contributed by atoms with Crippen LogP contribution in [0.2, 0.25) is 0 Å². The van der Waals surface area contributed by atoms with Gasteiger partial charge in [-0.05, 0) is 36.8 Å². The van der Waals surface area contributed by atoms with E-state index in [-0.39, 0.29) is 18.3 Å². The van der Waals surface area contributed by atoms with E-state index in [1.54, 1.807) is 37.3 Å². The predicted molar refractivity (Wildman–Crippen MR) is 106 cm³/mol. The SMILES string of the molecule is C[C@@H](Oc1ccccc1)C(=O)N[C@H](COc1ccccc1F)c1ccccc1. The maximum absolute atomic E-state index is 13.8. The fourth-order valence-corrected chi connectivity index (χ4v) is 2.69. The molecule has 144 valence electrons. The number of hydrogen-bond acceptors (Lipinski definition) is 3. The third-order valence-corrected chi connectivity index (χ3v) is 4.19. The predicted octanol–water partition coefficient (Wildman–Crippen LogP) is 4.53. The lowest BCUT2D eigenvalue weighted by atomic mass is 10.1. The van der Waals surface area contributed by atoms with Crippen molar-refractivity contribution in [3.05, 3.63) is 96.3 Å². The van der Waals surface area contributed by atoms with Gasteiger partial charge in [0.05, 0.1) is 6.04 Å². The van der Waals surface area contributed by atoms with Gasteiger partial charge in [-0.15, -0.1) is 0 Å². The minimum Gasteiger partial charge on any atom is -0.488 e. The quantitative estimate of drug-likeness (QED) is 0.626. The highest BCUT2D eigenvalue weighted by Gasteiger charge is 2.21. The van der Waals surface area contributed by atoms with Crippen LogP contribution < -0.4 is 14.8 Å². The molecule has 28 heavy (non-hydrogen) atoms. The second-order valence-electron chi connectivity index (χ2n) is 6.29. The molecule has 0 unspecified atom stereocenters. The second-order valence-corrected chi connectivity index (χ2v) is 6.29. The van der Waals surface area contributed by atoms with Gasteiger partial charge in [-0.2, -0.15) is 0 Å². The van der Waals surface area contributed by atoms with Crippen LogP contribution in [0.3, 0.4) is 0 Å². The molecule has 0 bridgehead atoms. The first-order chi connectivity index (χ1) is 13.6. The van der Waals surface area contributed by atoms with Gasteiger partial charge in [0.15, 0.2) is 17.7 Å². The molecule has 3 aromatic carbocycles. The van der Waals surface area contributed by atoms with Crippen molar-refractivity contribution in [2.45, 2.75) is 19.1 Å². The fourth-order valence-electron chi connectivity index (χ4n) is 2.69. The average molecular weight is 379 g/mol. The van der Waals surface area contributed by atoms with Crippen LogP contribution >= 0.6 is 0 Å². The van der Waals surface area contributed by atoms with Crippen molar-refractivity contribution < 1.29 is 18.7 Å². The number of amides is 1. The van der Waals surface area contributed by atoms with Gasteiger partial charge in [-0.3, -0.25) is 4.79 Å². The highest BCUT2D eigenvalue weighted by atomic mass is 19.1. The molecule has 0 aliphatic carbocycles. The van der Waals surface area contributed by atoms with Crippen molar-refractivity contribution in [1.29, 1.82) is 0 Å². The lowest BCUT2D eigenvalue weighted by Crippen LogP contribution is -2.40. The standard InChI is InChI=1S/C23H22FNO3/c1-17(28-19-12-6-3-7-13-19)23(26)25-21(18-10-4-2-5-11-18)16-27-22-15-9-8-14-20(22)24/h2-15,17,21H,16H2,1H3,(H,25,26)/t17-,21-/m1/s1. The maximum Gasteiger partial charge on any atom is 0.261 e. The van der Waals surface area contributed by atoms with Crippen LogP contribution in [-0.4, -0.2) is 18.6 Å². The number of hydrogen-bond donors (Lipinski definition) is 1. The van der Waals surface area contributed by atoms with E-state index in [4.69, 9.17) is 9.47 Å². The molecular formula is C23H22FNO3. The van der Waals surface area contributed by atoms with Crippen molar-refractivity contribution in [2.24, 2.45) is 0 Å². The van der Waals surface area contributed by atoms with Gasteiger partial charge in [0, 0.05) is 0 Å². The Kier molecular flexibility index (Phi) is 6.63. The number of benzene rings is 3. The molecule has 0 radical (unpaired) electrons. The van der Waals surface area contributed by atoms with E-state index in [9.17, 15) is 9.18 Å². The van der Waals surface area contributed by atoms with Crippen molar-refractivity contribution in [3.63, 3.8) is 0 Å². The minimum atomic E-state index is -0.693. The molecule has 0 spiro atoms. The highest BCUT2D eigenvalue weighted by Crippen LogP contribution is 2.20. The highest BCUT2D eigenvalue weighted by molar-refractivity contribution is 5.81. The molecule has 3 aromatic rings. The average Bonchev–Trinajstić information content (AvgIpc) is 2.73. The van der Waals surface area contributed by atoms with Gasteiger partial charge in [0.2, 0.25) is 0 Å². The van der Waals surface area contributed by atoms with Crippen LogP contribution in [-0.2, 0) is 4.79 Å². The normalized spacial score (nSPS) is 12.6. The monoisotopic (exact) mass is 379 g/mol. The maximum atomic E-state index is 13.8. The summed E-state index contributed by atoms with van der Waals surface area (Å²) in [6, 6.07) is 24.3. The van der Waals surface area contributed by atoms with Crippen molar-refractivity contribution >= 4 is 5.91 Å². The number of ether oxygens (including phenoxy) is 2. The molecule has 0 saturated carbocycles. The zero-order valence-corrected chi connectivity index (χ0v) is 15.5. The van der Waals surface area contributed by atoms with Crippen LogP contribution in [0.15, 0.2) is 84.9 Å². The van der Waals surface area contributed by atoms with Crippen LogP contribution in [0, 0.1) is 5.82 Å². The van der Waals surface area contributed by atoms with Gasteiger partial charge < -0.3 is 14.8 Å². The Morgan fingerprint density at radius 2 is 1.54 bits per heavy atom. The smallest absolute Gasteiger partial charge is 0.261 e. The minimum absolute atomic E-state index is 0.0920. The van der Waals surface area contributed by atoms with E-state index in [0.29, 0.717) is 5.75 Å². The van der Waals surface area contributed by atoms with Gasteiger partial charge >= 0.3 is 0 Å². The zero-order valence-electron chi connectivity index (χ0n) is 15.5. The van der Waals surface area contributed by atoms with Crippen LogP contribution in [0.1, 0.15) is 18.5 Å². The van der Waals surface area contributed by atoms with E-state index in [2.05, 4.69) is 5.32 Å². The topological polar surface area (TPSA) is 47.6 Å². The molecule has 3 rings (SSSR count). The van der Waals surface area contributed by atoms with Crippen molar-refractivity contribution in [3.8, 4) is 11.5 Å². The van der Waals surface area contributed by atoms with Crippen LogP contribution in [0.4, 0.5) is 4.39 Å². The van der Waals surface area contributed by atoms with Gasteiger partial charge in [-0.25, -0.2) is 4.39 Å². The van der Waals surface area contributed by atoms with Gasteiger partial charge in [0.1, 0.15) is 12.4 Å². The molecule has 1 N–H and O–H groups in total. The molecule has 2 atom stereocenters. The zero-order chi connectivity index (χ0) is 19.8. The van der Waals surface area contributed by atoms with Crippen molar-refractivity contribution in [2.75, 3.05) is 6.61 Å². The summed E-state index contributed by atoms with van der Waals surface area (Å²) in [6.07, 6.45) is -0.693. The summed E-state index contributed by atoms with van der Waals surface area (Å²) >= 11 is 0. The van der Waals surface area contributed by atoms with E-state index < -0.39 is 18.0 Å². The van der Waals surface area contributed by atoms with E-state index in [0.717, 1.165) is 5.56 Å². The molecular weight excluding hydrogens is 357 g/mol. The number of nitrogens with one attached hydrogen (secondary N) is 1. The van der Waals surface area contributed by atoms with Crippen molar-refractivity contribution in [1.82, 2.24) is 5.32 Å². The Balaban J connectivity index is 1.68. The summed E-state index contributed by atoms with van der Waals surface area (Å²) < 4.78 is 25.1. The molecule has 1 amide bonds. The fraction of sp³-hybridized carbons (Fsp3) is 0.174. The third kappa shape index (κ3) is 5.33. The number of halogens is 1. The Morgan fingerprint density at radius 3 is 2.21 bits per heavy atom. The molecule has 0 heterocycles. The summed E-state index contributed by atoms with van der Waals surface area (Å²) in [5.41, 5.74) is 0.860. The summed E-state index contributed by atoms with van der Waals surface area (Å²) in [5.74, 6) is 0.0338. The Labute approximate surface area is 163 Å². The molecule has 0 aliphatic rings. The van der Waals surface area contributed by atoms with Crippen LogP contribution in [0.25, 0.3) is 0 Å². The summed E-state index contributed by atoms with van der Waals surface area (Å²) in [5, 5.41) is 2.93.